The number of nitrogens with zero attached hydrogens (tertiary/aromatic N) is 4. The molecule has 36 heavy (non-hydrogen) atoms. The Hall–Kier alpha value is -4.02. The molecule has 6 rings (SSSR count). The molecule has 0 aliphatic carbocycles. The number of aryl methyl sites for hydroxylation is 2. The van der Waals surface area contributed by atoms with Gasteiger partial charge in [-0.05, 0) is 19.9 Å². The molecule has 0 bridgehead atoms. The number of aldehydes is 1. The summed E-state index contributed by atoms with van der Waals surface area (Å²) >= 11 is 3.12. The molecular weight excluding hydrogens is 496 g/mol. The molecule has 0 spiro atoms. The van der Waals surface area contributed by atoms with E-state index >= 15 is 0 Å². The van der Waals surface area contributed by atoms with Crippen LogP contribution in [-0.4, -0.2) is 33.0 Å². The Bertz CT molecular complexity index is 1690. The van der Waals surface area contributed by atoms with Crippen molar-refractivity contribution >= 4 is 44.9 Å². The van der Waals surface area contributed by atoms with Crippen LogP contribution < -0.4 is 9.47 Å². The van der Waals surface area contributed by atoms with Gasteiger partial charge in [0.05, 0.1) is 24.4 Å². The maximum absolute atomic E-state index is 10.9. The number of fused-ring (bicyclic) bond motifs is 2. The molecule has 10 heteroatoms. The maximum Gasteiger partial charge on any atom is 0.212 e. The van der Waals surface area contributed by atoms with E-state index in [1.165, 1.54) is 11.3 Å². The molecule has 4 heterocycles. The topological polar surface area (TPSA) is 91.8 Å². The molecule has 4 aromatic heterocycles. The minimum absolute atomic E-state index is 0.293. The van der Waals surface area contributed by atoms with Gasteiger partial charge in [-0.2, -0.15) is 5.10 Å². The van der Waals surface area contributed by atoms with E-state index in [4.69, 9.17) is 18.9 Å². The second-order valence-corrected chi connectivity index (χ2v) is 10.5. The zero-order valence-corrected chi connectivity index (χ0v) is 21.3. The van der Waals surface area contributed by atoms with Crippen LogP contribution in [0.15, 0.2) is 53.1 Å². The van der Waals surface area contributed by atoms with E-state index in [-0.39, 0.29) is 0 Å². The lowest BCUT2D eigenvalue weighted by Gasteiger charge is -2.08. The quantitative estimate of drug-likeness (QED) is 0.229. The zero-order valence-electron chi connectivity index (χ0n) is 19.6. The van der Waals surface area contributed by atoms with Crippen molar-refractivity contribution in [1.82, 2.24) is 19.6 Å². The van der Waals surface area contributed by atoms with Crippen molar-refractivity contribution in [2.24, 2.45) is 0 Å². The number of methoxy groups -OCH3 is 1. The number of thiazole rings is 1. The van der Waals surface area contributed by atoms with Gasteiger partial charge >= 0.3 is 0 Å². The first-order valence-corrected chi connectivity index (χ1v) is 12.7. The third kappa shape index (κ3) is 4.04. The van der Waals surface area contributed by atoms with Gasteiger partial charge in [0.2, 0.25) is 4.96 Å². The fraction of sp³-hybridized carbons (Fsp3) is 0.154. The Morgan fingerprint density at radius 3 is 2.67 bits per heavy atom. The summed E-state index contributed by atoms with van der Waals surface area (Å²) in [6.45, 7) is 4.27. The zero-order chi connectivity index (χ0) is 24.8. The summed E-state index contributed by atoms with van der Waals surface area (Å²) in [5.41, 5.74) is 3.80. The number of hydrogen-bond donors (Lipinski definition) is 0. The standard InChI is InChI=1S/C26H20N4O4S2/c1-14-21(27-25(35-14)17-6-4-16(12-31)5-7-17)13-33-22-8-18(32-3)9-23-19(22)10-24(34-23)20-11-30-26(28-20)36-15(2)29-30/h4-12H,13H2,1-3H3. The molecule has 0 aliphatic rings. The summed E-state index contributed by atoms with van der Waals surface area (Å²) in [6.07, 6.45) is 2.69. The van der Waals surface area contributed by atoms with Crippen molar-refractivity contribution < 1.29 is 18.7 Å². The molecule has 0 aliphatic heterocycles. The van der Waals surface area contributed by atoms with Crippen molar-refractivity contribution in [2.75, 3.05) is 7.11 Å². The highest BCUT2D eigenvalue weighted by molar-refractivity contribution is 7.16. The summed E-state index contributed by atoms with van der Waals surface area (Å²) in [5, 5.41) is 7.08. The van der Waals surface area contributed by atoms with Gasteiger partial charge in [-0.1, -0.05) is 35.6 Å². The van der Waals surface area contributed by atoms with Crippen LogP contribution in [0.2, 0.25) is 0 Å². The van der Waals surface area contributed by atoms with E-state index < -0.39 is 0 Å². The molecule has 0 saturated heterocycles. The van der Waals surface area contributed by atoms with Gasteiger partial charge in [0.1, 0.15) is 45.7 Å². The highest BCUT2D eigenvalue weighted by Gasteiger charge is 2.18. The summed E-state index contributed by atoms with van der Waals surface area (Å²) in [4.78, 5) is 22.2. The maximum atomic E-state index is 10.9. The third-order valence-electron chi connectivity index (χ3n) is 5.76. The lowest BCUT2D eigenvalue weighted by Crippen LogP contribution is -1.98. The number of furan rings is 1. The minimum Gasteiger partial charge on any atom is -0.496 e. The molecule has 0 unspecified atom stereocenters. The van der Waals surface area contributed by atoms with Crippen LogP contribution in [0, 0.1) is 13.8 Å². The molecular formula is C26H20N4O4S2. The number of benzene rings is 2. The van der Waals surface area contributed by atoms with E-state index in [0.717, 1.165) is 42.8 Å². The SMILES string of the molecule is COc1cc(OCc2nc(-c3ccc(C=O)cc3)sc2C)c2cc(-c3cn4nc(C)sc4n3)oc2c1. The largest absolute Gasteiger partial charge is 0.496 e. The lowest BCUT2D eigenvalue weighted by molar-refractivity contribution is 0.112. The highest BCUT2D eigenvalue weighted by atomic mass is 32.1. The predicted octanol–water partition coefficient (Wildman–Crippen LogP) is 6.34. The fourth-order valence-electron chi connectivity index (χ4n) is 3.90. The first-order valence-electron chi connectivity index (χ1n) is 11.1. The Balaban J connectivity index is 1.30. The van der Waals surface area contributed by atoms with Gasteiger partial charge in [0.15, 0.2) is 5.76 Å². The summed E-state index contributed by atoms with van der Waals surface area (Å²) in [7, 11) is 1.61. The molecule has 6 aromatic rings. The van der Waals surface area contributed by atoms with Crippen LogP contribution in [-0.2, 0) is 6.61 Å². The Kier molecular flexibility index (Phi) is 5.54. The normalized spacial score (nSPS) is 11.4. The molecule has 0 fully saturated rings. The molecule has 0 saturated carbocycles. The number of aromatic nitrogens is 4. The Labute approximate surface area is 213 Å². The fourth-order valence-corrected chi connectivity index (χ4v) is 5.55. The Morgan fingerprint density at radius 2 is 1.92 bits per heavy atom. The molecule has 0 N–H and O–H groups in total. The average molecular weight is 517 g/mol. The van der Waals surface area contributed by atoms with Crippen molar-refractivity contribution in [3.63, 3.8) is 0 Å². The van der Waals surface area contributed by atoms with Crippen molar-refractivity contribution in [1.29, 1.82) is 0 Å². The number of ether oxygens (including phenoxy) is 2. The summed E-state index contributed by atoms with van der Waals surface area (Å²) in [6, 6.07) is 13.0. The van der Waals surface area contributed by atoms with Gasteiger partial charge in [-0.3, -0.25) is 4.79 Å². The van der Waals surface area contributed by atoms with Gasteiger partial charge in [-0.15, -0.1) is 11.3 Å². The number of hydrogen-bond acceptors (Lipinski definition) is 9. The van der Waals surface area contributed by atoms with E-state index in [2.05, 4.69) is 10.1 Å². The Morgan fingerprint density at radius 1 is 1.08 bits per heavy atom. The third-order valence-corrected chi connectivity index (χ3v) is 7.66. The van der Waals surface area contributed by atoms with Crippen LogP contribution in [0.1, 0.15) is 25.9 Å². The molecule has 0 radical (unpaired) electrons. The van der Waals surface area contributed by atoms with Crippen molar-refractivity contribution in [2.45, 2.75) is 20.5 Å². The number of rotatable bonds is 7. The second kappa shape index (κ2) is 8.89. The van der Waals surface area contributed by atoms with E-state index in [1.54, 1.807) is 35.1 Å². The molecule has 8 nitrogen and oxygen atoms in total. The molecule has 0 atom stereocenters. The van der Waals surface area contributed by atoms with Gasteiger partial charge in [0.25, 0.3) is 0 Å². The molecule has 2 aromatic carbocycles. The van der Waals surface area contributed by atoms with Crippen molar-refractivity contribution in [3.05, 3.63) is 69.8 Å². The monoisotopic (exact) mass is 516 g/mol. The van der Waals surface area contributed by atoms with Gasteiger partial charge < -0.3 is 13.9 Å². The van der Waals surface area contributed by atoms with Gasteiger partial charge in [0, 0.05) is 28.1 Å². The van der Waals surface area contributed by atoms with E-state index in [9.17, 15) is 4.79 Å². The molecule has 0 amide bonds. The average Bonchev–Trinajstić information content (AvgIpc) is 3.64. The van der Waals surface area contributed by atoms with Crippen LogP contribution >= 0.6 is 22.7 Å². The van der Waals surface area contributed by atoms with Crippen molar-refractivity contribution in [3.8, 4) is 33.5 Å². The van der Waals surface area contributed by atoms with Crippen LogP contribution in [0.3, 0.4) is 0 Å². The summed E-state index contributed by atoms with van der Waals surface area (Å²) in [5.74, 6) is 1.90. The number of imidazole rings is 1. The highest BCUT2D eigenvalue weighted by Crippen LogP contribution is 2.38. The van der Waals surface area contributed by atoms with E-state index in [1.807, 2.05) is 50.4 Å². The smallest absolute Gasteiger partial charge is 0.212 e. The number of carbonyl (C=O) groups excluding carboxylic acids is 1. The van der Waals surface area contributed by atoms with Crippen LogP contribution in [0.25, 0.3) is 38.0 Å². The minimum atomic E-state index is 0.293. The number of carbonyl (C=O) groups is 1. The first kappa shape index (κ1) is 22.4. The lowest BCUT2D eigenvalue weighted by atomic mass is 10.1. The predicted molar refractivity (Wildman–Crippen MR) is 139 cm³/mol. The molecule has 180 valence electrons. The second-order valence-electron chi connectivity index (χ2n) is 8.17. The first-order chi connectivity index (χ1) is 17.5. The van der Waals surface area contributed by atoms with Crippen LogP contribution in [0.4, 0.5) is 0 Å². The van der Waals surface area contributed by atoms with Crippen LogP contribution in [0.5, 0.6) is 11.5 Å². The summed E-state index contributed by atoms with van der Waals surface area (Å²) < 4.78 is 19.6. The van der Waals surface area contributed by atoms with E-state index in [0.29, 0.717) is 40.7 Å². The van der Waals surface area contributed by atoms with Gasteiger partial charge in [-0.25, -0.2) is 14.5 Å².